The van der Waals surface area contributed by atoms with Crippen LogP contribution in [0.4, 0.5) is 0 Å². The van der Waals surface area contributed by atoms with E-state index >= 15 is 0 Å². The smallest absolute Gasteiger partial charge is 0.222 e. The molecule has 1 heterocycles. The number of rotatable bonds is 1. The topological polar surface area (TPSA) is 49.6 Å². The second-order valence-electron chi connectivity index (χ2n) is 2.95. The molecule has 1 rings (SSSR count). The van der Waals surface area contributed by atoms with Gasteiger partial charge in [0.1, 0.15) is 0 Å². The van der Waals surface area contributed by atoms with Crippen LogP contribution in [0.5, 0.6) is 0 Å². The van der Waals surface area contributed by atoms with E-state index in [0.717, 1.165) is 0 Å². The maximum atomic E-state index is 8.78. The molecule has 0 unspecified atom stereocenters. The van der Waals surface area contributed by atoms with Crippen molar-refractivity contribution in [2.75, 3.05) is 0 Å². The molecule has 3 nitrogen and oxygen atoms in total. The van der Waals surface area contributed by atoms with Gasteiger partial charge in [0.2, 0.25) is 5.28 Å². The fourth-order valence-corrected chi connectivity index (χ4v) is 0.888. The monoisotopic (exact) mass is 181 g/mol. The van der Waals surface area contributed by atoms with Gasteiger partial charge in [0.05, 0.1) is 17.2 Å². The van der Waals surface area contributed by atoms with E-state index in [9.17, 15) is 0 Å². The van der Waals surface area contributed by atoms with E-state index in [4.69, 9.17) is 16.9 Å². The van der Waals surface area contributed by atoms with E-state index in [1.54, 1.807) is 26.1 Å². The molecule has 0 aliphatic heterocycles. The SMILES string of the molecule is CC(C)(C#N)c1ccnc(Cl)n1. The van der Waals surface area contributed by atoms with Gasteiger partial charge in [-0.2, -0.15) is 5.26 Å². The predicted molar refractivity (Wildman–Crippen MR) is 45.7 cm³/mol. The molecular weight excluding hydrogens is 174 g/mol. The summed E-state index contributed by atoms with van der Waals surface area (Å²) in [5.41, 5.74) is 0.0389. The van der Waals surface area contributed by atoms with E-state index in [0.29, 0.717) is 5.69 Å². The van der Waals surface area contributed by atoms with Crippen molar-refractivity contribution >= 4 is 11.6 Å². The van der Waals surface area contributed by atoms with Gasteiger partial charge in [-0.3, -0.25) is 0 Å². The first-order valence-corrected chi connectivity index (χ1v) is 3.84. The number of aromatic nitrogens is 2. The summed E-state index contributed by atoms with van der Waals surface area (Å²) in [5.74, 6) is 0. The summed E-state index contributed by atoms with van der Waals surface area (Å²) in [4.78, 5) is 7.68. The van der Waals surface area contributed by atoms with Gasteiger partial charge in [-0.25, -0.2) is 9.97 Å². The normalized spacial score (nSPS) is 10.8. The molecule has 12 heavy (non-hydrogen) atoms. The molecule has 0 saturated carbocycles. The zero-order valence-electron chi connectivity index (χ0n) is 6.87. The molecule has 0 amide bonds. The maximum absolute atomic E-state index is 8.78. The van der Waals surface area contributed by atoms with Crippen LogP contribution >= 0.6 is 11.6 Å². The van der Waals surface area contributed by atoms with Crippen LogP contribution in [0.25, 0.3) is 0 Å². The van der Waals surface area contributed by atoms with E-state index in [-0.39, 0.29) is 5.28 Å². The third-order valence-corrected chi connectivity index (χ3v) is 1.73. The highest BCUT2D eigenvalue weighted by atomic mass is 35.5. The average Bonchev–Trinajstić information content (AvgIpc) is 2.05. The second-order valence-corrected chi connectivity index (χ2v) is 3.29. The van der Waals surface area contributed by atoms with Crippen molar-refractivity contribution in [1.29, 1.82) is 5.26 Å². The van der Waals surface area contributed by atoms with Crippen LogP contribution in [-0.2, 0) is 5.41 Å². The highest BCUT2D eigenvalue weighted by molar-refractivity contribution is 6.28. The van der Waals surface area contributed by atoms with E-state index < -0.39 is 5.41 Å². The molecule has 0 spiro atoms. The number of nitriles is 1. The van der Waals surface area contributed by atoms with Crippen molar-refractivity contribution in [1.82, 2.24) is 9.97 Å². The molecule has 0 radical (unpaired) electrons. The van der Waals surface area contributed by atoms with Crippen molar-refractivity contribution in [3.8, 4) is 6.07 Å². The fraction of sp³-hybridized carbons (Fsp3) is 0.375. The van der Waals surface area contributed by atoms with Gasteiger partial charge < -0.3 is 0 Å². The van der Waals surface area contributed by atoms with Gasteiger partial charge in [-0.05, 0) is 31.5 Å². The number of nitrogens with zero attached hydrogens (tertiary/aromatic N) is 3. The van der Waals surface area contributed by atoms with Crippen LogP contribution < -0.4 is 0 Å². The molecule has 1 aromatic rings. The largest absolute Gasteiger partial charge is 0.227 e. The van der Waals surface area contributed by atoms with Gasteiger partial charge >= 0.3 is 0 Å². The molecular formula is C8H8ClN3. The van der Waals surface area contributed by atoms with Crippen molar-refractivity contribution < 1.29 is 0 Å². The van der Waals surface area contributed by atoms with E-state index in [1.807, 2.05) is 0 Å². The molecule has 1 aromatic heterocycles. The van der Waals surface area contributed by atoms with E-state index in [1.165, 1.54) is 0 Å². The van der Waals surface area contributed by atoms with Crippen LogP contribution in [0.3, 0.4) is 0 Å². The molecule has 0 atom stereocenters. The van der Waals surface area contributed by atoms with Gasteiger partial charge in [0.15, 0.2) is 0 Å². The van der Waals surface area contributed by atoms with Crippen LogP contribution in [0.2, 0.25) is 5.28 Å². The predicted octanol–water partition coefficient (Wildman–Crippen LogP) is 1.93. The standard InChI is InChI=1S/C8H8ClN3/c1-8(2,5-10)6-3-4-11-7(9)12-6/h3-4H,1-2H3. The lowest BCUT2D eigenvalue weighted by atomic mass is 9.91. The number of hydrogen-bond donors (Lipinski definition) is 0. The van der Waals surface area contributed by atoms with Crippen LogP contribution in [-0.4, -0.2) is 9.97 Å². The lowest BCUT2D eigenvalue weighted by Gasteiger charge is -2.13. The van der Waals surface area contributed by atoms with Gasteiger partial charge in [-0.15, -0.1) is 0 Å². The lowest BCUT2D eigenvalue weighted by molar-refractivity contribution is 0.656. The molecule has 0 aliphatic carbocycles. The summed E-state index contributed by atoms with van der Waals surface area (Å²) >= 11 is 5.58. The Morgan fingerprint density at radius 2 is 2.25 bits per heavy atom. The van der Waals surface area contributed by atoms with Gasteiger partial charge in [-0.1, -0.05) is 0 Å². The quantitative estimate of drug-likeness (QED) is 0.622. The second kappa shape index (κ2) is 3.08. The third kappa shape index (κ3) is 1.72. The van der Waals surface area contributed by atoms with Gasteiger partial charge in [0.25, 0.3) is 0 Å². The van der Waals surface area contributed by atoms with Crippen LogP contribution in [0, 0.1) is 11.3 Å². The zero-order valence-corrected chi connectivity index (χ0v) is 7.63. The van der Waals surface area contributed by atoms with Gasteiger partial charge in [0, 0.05) is 6.20 Å². The number of halogens is 1. The Kier molecular flexibility index (Phi) is 2.30. The molecule has 0 aromatic carbocycles. The fourth-order valence-electron chi connectivity index (χ4n) is 0.740. The molecule has 0 N–H and O–H groups in total. The Balaban J connectivity index is 3.14. The summed E-state index contributed by atoms with van der Waals surface area (Å²) in [6.07, 6.45) is 1.55. The maximum Gasteiger partial charge on any atom is 0.222 e. The Morgan fingerprint density at radius 1 is 1.58 bits per heavy atom. The van der Waals surface area contributed by atoms with Crippen molar-refractivity contribution in [2.24, 2.45) is 0 Å². The zero-order chi connectivity index (χ0) is 9.19. The minimum absolute atomic E-state index is 0.177. The van der Waals surface area contributed by atoms with Crippen LogP contribution in [0.15, 0.2) is 12.3 Å². The van der Waals surface area contributed by atoms with Crippen LogP contribution in [0.1, 0.15) is 19.5 Å². The molecule has 0 aliphatic rings. The Morgan fingerprint density at radius 3 is 2.75 bits per heavy atom. The third-order valence-electron chi connectivity index (χ3n) is 1.55. The summed E-state index contributed by atoms with van der Waals surface area (Å²) in [6.45, 7) is 3.57. The minimum Gasteiger partial charge on any atom is -0.227 e. The summed E-state index contributed by atoms with van der Waals surface area (Å²) in [5, 5.41) is 8.96. The Hall–Kier alpha value is -1.14. The summed E-state index contributed by atoms with van der Waals surface area (Å²) < 4.78 is 0. The molecule has 4 heteroatoms. The summed E-state index contributed by atoms with van der Waals surface area (Å²) in [6, 6.07) is 3.83. The Bertz CT molecular complexity index is 327. The molecule has 62 valence electrons. The van der Waals surface area contributed by atoms with Crippen molar-refractivity contribution in [2.45, 2.75) is 19.3 Å². The molecule has 0 fully saturated rings. The minimum atomic E-state index is -0.605. The average molecular weight is 182 g/mol. The Labute approximate surface area is 76.0 Å². The first kappa shape index (κ1) is 8.95. The van der Waals surface area contributed by atoms with Crippen molar-refractivity contribution in [3.05, 3.63) is 23.2 Å². The molecule has 0 saturated heterocycles. The van der Waals surface area contributed by atoms with Crippen molar-refractivity contribution in [3.63, 3.8) is 0 Å². The summed E-state index contributed by atoms with van der Waals surface area (Å²) in [7, 11) is 0. The first-order chi connectivity index (χ1) is 5.56. The highest BCUT2D eigenvalue weighted by Crippen LogP contribution is 2.19. The highest BCUT2D eigenvalue weighted by Gasteiger charge is 2.21. The molecule has 0 bridgehead atoms. The lowest BCUT2D eigenvalue weighted by Crippen LogP contribution is -2.16. The van der Waals surface area contributed by atoms with E-state index in [2.05, 4.69) is 16.0 Å². The first-order valence-electron chi connectivity index (χ1n) is 3.46. The number of hydrogen-bond acceptors (Lipinski definition) is 3.